The number of rotatable bonds is 6. The third-order valence-corrected chi connectivity index (χ3v) is 6.65. The molecule has 1 heterocycles. The van der Waals surface area contributed by atoms with E-state index in [1.54, 1.807) is 6.07 Å². The second-order valence-corrected chi connectivity index (χ2v) is 9.31. The van der Waals surface area contributed by atoms with E-state index < -0.39 is 6.09 Å². The summed E-state index contributed by atoms with van der Waals surface area (Å²) in [6.45, 7) is 0.173. The van der Waals surface area contributed by atoms with Gasteiger partial charge in [-0.2, -0.15) is 4.98 Å². The van der Waals surface area contributed by atoms with E-state index in [0.29, 0.717) is 11.1 Å². The molecule has 0 saturated heterocycles. The topological polar surface area (TPSA) is 79.4 Å². The van der Waals surface area contributed by atoms with Gasteiger partial charge < -0.3 is 20.3 Å². The van der Waals surface area contributed by atoms with Crippen LogP contribution in [0, 0.1) is 0 Å². The summed E-state index contributed by atoms with van der Waals surface area (Å²) >= 11 is 6.12. The van der Waals surface area contributed by atoms with Crippen LogP contribution in [0.1, 0.15) is 55.3 Å². The minimum absolute atomic E-state index is 0.119. The van der Waals surface area contributed by atoms with Crippen molar-refractivity contribution < 1.29 is 9.53 Å². The summed E-state index contributed by atoms with van der Waals surface area (Å²) in [5, 5.41) is 7.14. The number of carbonyl (C=O) groups excluding carboxylic acids is 1. The van der Waals surface area contributed by atoms with Crippen molar-refractivity contribution in [3.8, 4) is 0 Å². The fourth-order valence-corrected chi connectivity index (χ4v) is 4.73. The zero-order chi connectivity index (χ0) is 22.5. The van der Waals surface area contributed by atoms with Crippen LogP contribution in [0.5, 0.6) is 0 Å². The van der Waals surface area contributed by atoms with Gasteiger partial charge in [0.1, 0.15) is 12.4 Å². The van der Waals surface area contributed by atoms with Crippen LogP contribution in [0.2, 0.25) is 5.02 Å². The Morgan fingerprint density at radius 2 is 1.81 bits per heavy atom. The van der Waals surface area contributed by atoms with Gasteiger partial charge in [0, 0.05) is 42.3 Å². The van der Waals surface area contributed by atoms with Crippen molar-refractivity contribution >= 4 is 29.5 Å². The van der Waals surface area contributed by atoms with Crippen molar-refractivity contribution in [2.24, 2.45) is 0 Å². The Morgan fingerprint density at radius 3 is 2.56 bits per heavy atom. The molecule has 4 rings (SSSR count). The molecule has 0 aliphatic heterocycles. The number of benzene rings is 1. The molecule has 0 spiro atoms. The van der Waals surface area contributed by atoms with Crippen LogP contribution in [0.15, 0.2) is 24.3 Å². The standard InChI is InChI=1S/C24H32ClN5O2/c1-30(2)22-19-8-4-6-10-21(19)28-23(29-22)26-17-11-13-18(14-12-17)27-24(31)32-15-16-7-3-5-9-20(16)25/h3,5,7,9,17-18H,4,6,8,10-15H2,1-2H3,(H,27,31)(H,26,28,29). The van der Waals surface area contributed by atoms with Gasteiger partial charge >= 0.3 is 6.09 Å². The van der Waals surface area contributed by atoms with Crippen molar-refractivity contribution in [1.82, 2.24) is 15.3 Å². The highest BCUT2D eigenvalue weighted by Gasteiger charge is 2.25. The summed E-state index contributed by atoms with van der Waals surface area (Å²) in [5.41, 5.74) is 3.29. The van der Waals surface area contributed by atoms with Crippen molar-refractivity contribution in [2.45, 2.75) is 70.1 Å². The van der Waals surface area contributed by atoms with Gasteiger partial charge in [-0.05, 0) is 57.4 Å². The SMILES string of the molecule is CN(C)c1nc(NC2CCC(NC(=O)OCc3ccccc3Cl)CC2)nc2c1CCCC2. The van der Waals surface area contributed by atoms with Crippen LogP contribution in [-0.4, -0.2) is 42.2 Å². The van der Waals surface area contributed by atoms with Gasteiger partial charge in [-0.25, -0.2) is 9.78 Å². The monoisotopic (exact) mass is 457 g/mol. The zero-order valence-electron chi connectivity index (χ0n) is 18.9. The quantitative estimate of drug-likeness (QED) is 0.653. The molecule has 1 aromatic heterocycles. The fourth-order valence-electron chi connectivity index (χ4n) is 4.54. The highest BCUT2D eigenvalue weighted by molar-refractivity contribution is 6.31. The molecule has 2 aliphatic rings. The largest absolute Gasteiger partial charge is 0.445 e. The molecule has 0 atom stereocenters. The summed E-state index contributed by atoms with van der Waals surface area (Å²) in [5.74, 6) is 1.76. The lowest BCUT2D eigenvalue weighted by atomic mass is 9.91. The van der Waals surface area contributed by atoms with Gasteiger partial charge in [0.25, 0.3) is 0 Å². The van der Waals surface area contributed by atoms with Crippen LogP contribution in [0.3, 0.4) is 0 Å². The van der Waals surface area contributed by atoms with E-state index in [9.17, 15) is 4.79 Å². The summed E-state index contributed by atoms with van der Waals surface area (Å²) in [6.07, 6.45) is 7.79. The number of amides is 1. The number of nitrogens with one attached hydrogen (secondary N) is 2. The predicted molar refractivity (Wildman–Crippen MR) is 127 cm³/mol. The van der Waals surface area contributed by atoms with Gasteiger partial charge in [-0.3, -0.25) is 0 Å². The second kappa shape index (κ2) is 10.4. The summed E-state index contributed by atoms with van der Waals surface area (Å²) in [7, 11) is 4.09. The first kappa shape index (κ1) is 22.6. The number of alkyl carbamates (subject to hydrolysis) is 1. The van der Waals surface area contributed by atoms with E-state index in [0.717, 1.165) is 55.9 Å². The average Bonchev–Trinajstić information content (AvgIpc) is 2.79. The van der Waals surface area contributed by atoms with E-state index in [2.05, 4.69) is 15.5 Å². The number of halogens is 1. The molecular formula is C24H32ClN5O2. The number of ether oxygens (including phenoxy) is 1. The molecule has 2 aromatic rings. The van der Waals surface area contributed by atoms with Crippen LogP contribution in [0.25, 0.3) is 0 Å². The number of carbonyl (C=O) groups is 1. The number of nitrogens with zero attached hydrogens (tertiary/aromatic N) is 3. The highest BCUT2D eigenvalue weighted by Crippen LogP contribution is 2.29. The maximum Gasteiger partial charge on any atom is 0.407 e. The van der Waals surface area contributed by atoms with Gasteiger partial charge in [0.2, 0.25) is 5.95 Å². The zero-order valence-corrected chi connectivity index (χ0v) is 19.6. The Bertz CT molecular complexity index is 944. The Labute approximate surface area is 194 Å². The van der Waals surface area contributed by atoms with Crippen LogP contribution in [-0.2, 0) is 24.2 Å². The smallest absolute Gasteiger partial charge is 0.407 e. The predicted octanol–water partition coefficient (Wildman–Crippen LogP) is 4.72. The molecule has 1 aromatic carbocycles. The number of hydrogen-bond acceptors (Lipinski definition) is 6. The molecule has 2 N–H and O–H groups in total. The number of aryl methyl sites for hydroxylation is 1. The third kappa shape index (κ3) is 5.63. The lowest BCUT2D eigenvalue weighted by Crippen LogP contribution is -2.40. The van der Waals surface area contributed by atoms with Crippen LogP contribution < -0.4 is 15.5 Å². The summed E-state index contributed by atoms with van der Waals surface area (Å²) < 4.78 is 5.35. The van der Waals surface area contributed by atoms with Gasteiger partial charge in [-0.15, -0.1) is 0 Å². The van der Waals surface area contributed by atoms with Gasteiger partial charge in [-0.1, -0.05) is 29.8 Å². The number of fused-ring (bicyclic) bond motifs is 1. The maximum absolute atomic E-state index is 12.2. The van der Waals surface area contributed by atoms with E-state index in [4.69, 9.17) is 26.3 Å². The molecular weight excluding hydrogens is 426 g/mol. The molecule has 32 heavy (non-hydrogen) atoms. The van der Waals surface area contributed by atoms with Gasteiger partial charge in [0.15, 0.2) is 0 Å². The Hall–Kier alpha value is -2.54. The molecule has 0 unspecified atom stereocenters. The number of anilines is 2. The first-order chi connectivity index (χ1) is 15.5. The molecule has 1 fully saturated rings. The minimum Gasteiger partial charge on any atom is -0.445 e. The first-order valence-electron chi connectivity index (χ1n) is 11.5. The Kier molecular flexibility index (Phi) is 7.35. The molecule has 0 bridgehead atoms. The van der Waals surface area contributed by atoms with Crippen molar-refractivity contribution in [3.05, 3.63) is 46.1 Å². The van der Waals surface area contributed by atoms with Crippen molar-refractivity contribution in [2.75, 3.05) is 24.3 Å². The van der Waals surface area contributed by atoms with Crippen molar-refractivity contribution in [3.63, 3.8) is 0 Å². The van der Waals surface area contributed by atoms with E-state index in [1.807, 2.05) is 32.3 Å². The lowest BCUT2D eigenvalue weighted by Gasteiger charge is -2.30. The number of hydrogen-bond donors (Lipinski definition) is 2. The van der Waals surface area contributed by atoms with E-state index >= 15 is 0 Å². The summed E-state index contributed by atoms with van der Waals surface area (Å²) in [6, 6.07) is 7.81. The molecule has 2 aliphatic carbocycles. The van der Waals surface area contributed by atoms with E-state index in [-0.39, 0.29) is 12.6 Å². The molecule has 8 heteroatoms. The maximum atomic E-state index is 12.2. The average molecular weight is 458 g/mol. The summed E-state index contributed by atoms with van der Waals surface area (Å²) in [4.78, 5) is 23.9. The van der Waals surface area contributed by atoms with E-state index in [1.165, 1.54) is 24.1 Å². The third-order valence-electron chi connectivity index (χ3n) is 6.28. The molecule has 1 saturated carbocycles. The van der Waals surface area contributed by atoms with Gasteiger partial charge in [0.05, 0.1) is 5.69 Å². The Morgan fingerprint density at radius 1 is 1.09 bits per heavy atom. The number of aromatic nitrogens is 2. The second-order valence-electron chi connectivity index (χ2n) is 8.90. The molecule has 0 radical (unpaired) electrons. The molecule has 7 nitrogen and oxygen atoms in total. The minimum atomic E-state index is -0.394. The molecule has 1 amide bonds. The lowest BCUT2D eigenvalue weighted by molar-refractivity contribution is 0.132. The molecule has 172 valence electrons. The first-order valence-corrected chi connectivity index (χ1v) is 11.9. The fraction of sp³-hybridized carbons (Fsp3) is 0.542. The van der Waals surface area contributed by atoms with Crippen LogP contribution in [0.4, 0.5) is 16.6 Å². The Balaban J connectivity index is 1.26. The van der Waals surface area contributed by atoms with Crippen molar-refractivity contribution in [1.29, 1.82) is 0 Å². The normalized spacial score (nSPS) is 20.2. The highest BCUT2D eigenvalue weighted by atomic mass is 35.5. The van der Waals surface area contributed by atoms with Crippen LogP contribution >= 0.6 is 11.6 Å².